The number of alkyl halides is 2. The molecule has 0 saturated heterocycles. The number of aryl methyl sites for hydroxylation is 1. The zero-order valence-corrected chi connectivity index (χ0v) is 12.7. The molecule has 1 heterocycles. The second kappa shape index (κ2) is 6.76. The van der Waals surface area contributed by atoms with Crippen molar-refractivity contribution < 1.29 is 13.5 Å². The Morgan fingerprint density at radius 1 is 1.50 bits per heavy atom. The van der Waals surface area contributed by atoms with E-state index >= 15 is 0 Å². The number of halogens is 3. The summed E-state index contributed by atoms with van der Waals surface area (Å²) in [5.41, 5.74) is 4.04. The molecule has 1 aromatic heterocycles. The summed E-state index contributed by atoms with van der Waals surface area (Å²) in [6.45, 7) is -1.01. The molecule has 0 amide bonds. The van der Waals surface area contributed by atoms with E-state index < -0.39 is 6.61 Å². The molecule has 1 N–H and O–H groups in total. The molecule has 4 nitrogen and oxygen atoms in total. The summed E-state index contributed by atoms with van der Waals surface area (Å²) >= 11 is 4.68. The minimum absolute atomic E-state index is 0.0512. The van der Waals surface area contributed by atoms with Crippen LogP contribution in [0.1, 0.15) is 11.3 Å². The van der Waals surface area contributed by atoms with Crippen LogP contribution in [0.2, 0.25) is 0 Å². The Morgan fingerprint density at radius 2 is 2.30 bits per heavy atom. The van der Waals surface area contributed by atoms with Crippen LogP contribution in [-0.4, -0.2) is 17.8 Å². The van der Waals surface area contributed by atoms with E-state index in [1.165, 1.54) is 23.6 Å². The molecule has 0 unspecified atom stereocenters. The van der Waals surface area contributed by atoms with Gasteiger partial charge >= 0.3 is 6.61 Å². The molecule has 0 spiro atoms. The molecule has 0 saturated carbocycles. The zero-order valence-electron chi connectivity index (χ0n) is 10.3. The van der Waals surface area contributed by atoms with Crippen LogP contribution in [-0.2, 0) is 0 Å². The van der Waals surface area contributed by atoms with Crippen LogP contribution in [0, 0.1) is 6.92 Å². The van der Waals surface area contributed by atoms with Crippen molar-refractivity contribution in [1.29, 1.82) is 0 Å². The van der Waals surface area contributed by atoms with Crippen molar-refractivity contribution in [2.75, 3.05) is 5.43 Å². The largest absolute Gasteiger partial charge is 0.434 e. The molecule has 1 aromatic carbocycles. The van der Waals surface area contributed by atoms with E-state index in [0.29, 0.717) is 15.2 Å². The Kier molecular flexibility index (Phi) is 5.02. The first-order chi connectivity index (χ1) is 9.56. The van der Waals surface area contributed by atoms with Crippen molar-refractivity contribution in [2.24, 2.45) is 5.10 Å². The number of hydrogen-bond donors (Lipinski definition) is 1. The van der Waals surface area contributed by atoms with E-state index in [4.69, 9.17) is 0 Å². The predicted molar refractivity (Wildman–Crippen MR) is 78.8 cm³/mol. The Bertz CT molecular complexity index is 618. The average molecular weight is 362 g/mol. The lowest BCUT2D eigenvalue weighted by atomic mass is 10.2. The van der Waals surface area contributed by atoms with E-state index in [-0.39, 0.29) is 5.75 Å². The SMILES string of the molecule is Cc1csc(NN=Cc2c(Br)cccc2OC(F)F)n1. The second-order valence-electron chi connectivity index (χ2n) is 3.69. The Morgan fingerprint density at radius 3 is 2.95 bits per heavy atom. The van der Waals surface area contributed by atoms with Gasteiger partial charge in [-0.25, -0.2) is 4.98 Å². The van der Waals surface area contributed by atoms with Gasteiger partial charge in [-0.3, -0.25) is 5.43 Å². The summed E-state index contributed by atoms with van der Waals surface area (Å²) in [6, 6.07) is 4.77. The van der Waals surface area contributed by atoms with Crippen molar-refractivity contribution in [3.05, 3.63) is 39.3 Å². The van der Waals surface area contributed by atoms with Crippen molar-refractivity contribution in [1.82, 2.24) is 4.98 Å². The van der Waals surface area contributed by atoms with Crippen LogP contribution in [0.4, 0.5) is 13.9 Å². The Labute approximate surface area is 126 Å². The average Bonchev–Trinajstić information content (AvgIpc) is 2.78. The summed E-state index contributed by atoms with van der Waals surface area (Å²) in [4.78, 5) is 4.17. The molecule has 0 bridgehead atoms. The number of nitrogens with zero attached hydrogens (tertiary/aromatic N) is 2. The van der Waals surface area contributed by atoms with Gasteiger partial charge in [-0.05, 0) is 35.0 Å². The molecule has 0 aliphatic rings. The number of rotatable bonds is 5. The standard InChI is InChI=1S/C12H10BrF2N3OS/c1-7-6-20-12(17-7)18-16-5-8-9(13)3-2-4-10(8)19-11(14)15/h2-6,11H,1H3,(H,17,18). The van der Waals surface area contributed by atoms with Crippen LogP contribution in [0.25, 0.3) is 0 Å². The third-order valence-corrected chi connectivity index (χ3v) is 3.76. The Balaban J connectivity index is 2.15. The number of aromatic nitrogens is 1. The highest BCUT2D eigenvalue weighted by Crippen LogP contribution is 2.26. The van der Waals surface area contributed by atoms with E-state index in [1.54, 1.807) is 12.1 Å². The second-order valence-corrected chi connectivity index (χ2v) is 5.41. The molecule has 0 aliphatic carbocycles. The van der Waals surface area contributed by atoms with Gasteiger partial charge in [0, 0.05) is 9.85 Å². The molecule has 20 heavy (non-hydrogen) atoms. The van der Waals surface area contributed by atoms with Gasteiger partial charge in [0.25, 0.3) is 0 Å². The molecular formula is C12H10BrF2N3OS. The molecule has 0 fully saturated rings. The van der Waals surface area contributed by atoms with E-state index in [2.05, 4.69) is 36.2 Å². The molecule has 8 heteroatoms. The minimum atomic E-state index is -2.88. The number of hydrazone groups is 1. The van der Waals surface area contributed by atoms with E-state index in [9.17, 15) is 8.78 Å². The van der Waals surface area contributed by atoms with Gasteiger partial charge in [-0.15, -0.1) is 11.3 Å². The predicted octanol–water partition coefficient (Wildman–Crippen LogP) is 4.26. The fraction of sp³-hybridized carbons (Fsp3) is 0.167. The fourth-order valence-electron chi connectivity index (χ4n) is 1.40. The third kappa shape index (κ3) is 3.97. The van der Waals surface area contributed by atoms with Gasteiger partial charge in [0.1, 0.15) is 5.75 Å². The first-order valence-corrected chi connectivity index (χ1v) is 7.18. The maximum atomic E-state index is 12.3. The van der Waals surface area contributed by atoms with Crippen LogP contribution in [0.3, 0.4) is 0 Å². The molecule has 2 rings (SSSR count). The smallest absolute Gasteiger partial charge is 0.387 e. The highest BCUT2D eigenvalue weighted by Gasteiger charge is 2.10. The number of hydrogen-bond acceptors (Lipinski definition) is 5. The van der Waals surface area contributed by atoms with Gasteiger partial charge in [-0.2, -0.15) is 13.9 Å². The number of anilines is 1. The number of nitrogens with one attached hydrogen (secondary N) is 1. The minimum Gasteiger partial charge on any atom is -0.434 e. The summed E-state index contributed by atoms with van der Waals surface area (Å²) < 4.78 is 29.7. The van der Waals surface area contributed by atoms with E-state index in [0.717, 1.165) is 5.69 Å². The normalized spacial score (nSPS) is 11.2. The molecule has 106 valence electrons. The van der Waals surface area contributed by atoms with Crippen molar-refractivity contribution in [3.8, 4) is 5.75 Å². The third-order valence-electron chi connectivity index (χ3n) is 2.20. The summed E-state index contributed by atoms with van der Waals surface area (Å²) in [5, 5.41) is 6.48. The van der Waals surface area contributed by atoms with Gasteiger partial charge in [0.15, 0.2) is 0 Å². The summed E-state index contributed by atoms with van der Waals surface area (Å²) in [7, 11) is 0. The van der Waals surface area contributed by atoms with Gasteiger partial charge in [-0.1, -0.05) is 6.07 Å². The number of benzene rings is 1. The quantitative estimate of drug-likeness (QED) is 0.639. The lowest BCUT2D eigenvalue weighted by Gasteiger charge is -2.08. The van der Waals surface area contributed by atoms with Gasteiger partial charge in [0.05, 0.1) is 17.5 Å². The lowest BCUT2D eigenvalue weighted by molar-refractivity contribution is -0.0499. The monoisotopic (exact) mass is 361 g/mol. The van der Waals surface area contributed by atoms with Crippen molar-refractivity contribution in [3.63, 3.8) is 0 Å². The van der Waals surface area contributed by atoms with E-state index in [1.807, 2.05) is 12.3 Å². The molecule has 0 radical (unpaired) electrons. The number of thiazole rings is 1. The lowest BCUT2D eigenvalue weighted by Crippen LogP contribution is -2.05. The van der Waals surface area contributed by atoms with Crippen molar-refractivity contribution >= 4 is 38.6 Å². The molecule has 2 aromatic rings. The fourth-order valence-corrected chi connectivity index (χ4v) is 2.49. The highest BCUT2D eigenvalue weighted by atomic mass is 79.9. The topological polar surface area (TPSA) is 46.5 Å². The summed E-state index contributed by atoms with van der Waals surface area (Å²) in [5.74, 6) is 0.0512. The first kappa shape index (κ1) is 14.9. The summed E-state index contributed by atoms with van der Waals surface area (Å²) in [6.07, 6.45) is 1.40. The molecule has 0 aliphatic heterocycles. The van der Waals surface area contributed by atoms with Gasteiger partial charge in [0.2, 0.25) is 5.13 Å². The molecular weight excluding hydrogens is 352 g/mol. The van der Waals surface area contributed by atoms with Crippen molar-refractivity contribution in [2.45, 2.75) is 13.5 Å². The highest BCUT2D eigenvalue weighted by molar-refractivity contribution is 9.10. The maximum Gasteiger partial charge on any atom is 0.387 e. The maximum absolute atomic E-state index is 12.3. The number of ether oxygens (including phenoxy) is 1. The van der Waals surface area contributed by atoms with Crippen LogP contribution in [0.5, 0.6) is 5.75 Å². The zero-order chi connectivity index (χ0) is 14.5. The molecule has 0 atom stereocenters. The van der Waals surface area contributed by atoms with Crippen LogP contribution >= 0.6 is 27.3 Å². The van der Waals surface area contributed by atoms with Crippen LogP contribution in [0.15, 0.2) is 33.2 Å². The first-order valence-electron chi connectivity index (χ1n) is 5.51. The van der Waals surface area contributed by atoms with Crippen LogP contribution < -0.4 is 10.2 Å². The van der Waals surface area contributed by atoms with Gasteiger partial charge < -0.3 is 4.74 Å². The Hall–Kier alpha value is -1.54.